The molecule has 0 aromatic heterocycles. The second-order valence-electron chi connectivity index (χ2n) is 2.87. The quantitative estimate of drug-likeness (QED) is 0.476. The summed E-state index contributed by atoms with van der Waals surface area (Å²) in [5.41, 5.74) is 5.66. The molecule has 1 saturated carbocycles. The number of nitrogens with two attached hydrogens (primary N) is 1. The van der Waals surface area contributed by atoms with Crippen molar-refractivity contribution in [1.29, 1.82) is 0 Å². The van der Waals surface area contributed by atoms with Crippen LogP contribution in [0.2, 0.25) is 0 Å². The molecule has 1 aliphatic rings. The third kappa shape index (κ3) is 2.34. The van der Waals surface area contributed by atoms with Gasteiger partial charge in [0, 0.05) is 6.04 Å². The zero-order valence-electron chi connectivity index (χ0n) is 6.23. The van der Waals surface area contributed by atoms with E-state index in [1.165, 1.54) is 0 Å². The van der Waals surface area contributed by atoms with Crippen LogP contribution in [-0.2, 0) is 4.84 Å². The Bertz CT molecular complexity index is 151. The van der Waals surface area contributed by atoms with Crippen LogP contribution in [0.25, 0.3) is 0 Å². The van der Waals surface area contributed by atoms with Gasteiger partial charge in [0.2, 0.25) is 0 Å². The Labute approximate surface area is 64.6 Å². The third-order valence-electron chi connectivity index (χ3n) is 2.11. The molecule has 11 heavy (non-hydrogen) atoms. The first-order valence-corrected chi connectivity index (χ1v) is 3.73. The van der Waals surface area contributed by atoms with Gasteiger partial charge in [-0.15, -0.1) is 10.1 Å². The standard InChI is InChI=1S/C6H12N2O3/c7-6-3-1-2-5(6)4-11-8(9)10/h5-6H,1-4,7H2. The van der Waals surface area contributed by atoms with Gasteiger partial charge in [-0.1, -0.05) is 6.42 Å². The second kappa shape index (κ2) is 3.52. The van der Waals surface area contributed by atoms with Crippen molar-refractivity contribution in [3.8, 4) is 0 Å². The third-order valence-corrected chi connectivity index (χ3v) is 2.11. The summed E-state index contributed by atoms with van der Waals surface area (Å²) >= 11 is 0. The Kier molecular flexibility index (Phi) is 2.64. The Hall–Kier alpha value is -0.840. The van der Waals surface area contributed by atoms with Crippen molar-refractivity contribution in [3.05, 3.63) is 10.1 Å². The summed E-state index contributed by atoms with van der Waals surface area (Å²) in [6, 6.07) is 0.0925. The lowest BCUT2D eigenvalue weighted by Gasteiger charge is -2.12. The molecule has 2 N–H and O–H groups in total. The molecular weight excluding hydrogens is 148 g/mol. The van der Waals surface area contributed by atoms with Gasteiger partial charge in [0.1, 0.15) is 6.61 Å². The van der Waals surface area contributed by atoms with Gasteiger partial charge in [-0.25, -0.2) is 0 Å². The molecule has 64 valence electrons. The molecule has 0 amide bonds. The van der Waals surface area contributed by atoms with E-state index in [2.05, 4.69) is 4.84 Å². The maximum absolute atomic E-state index is 9.81. The Morgan fingerprint density at radius 2 is 2.36 bits per heavy atom. The van der Waals surface area contributed by atoms with Gasteiger partial charge >= 0.3 is 0 Å². The van der Waals surface area contributed by atoms with Crippen LogP contribution in [0.1, 0.15) is 19.3 Å². The molecular formula is C6H12N2O3. The lowest BCUT2D eigenvalue weighted by molar-refractivity contribution is -0.759. The maximum atomic E-state index is 9.81. The summed E-state index contributed by atoms with van der Waals surface area (Å²) in [6.07, 6.45) is 2.98. The molecule has 0 radical (unpaired) electrons. The van der Waals surface area contributed by atoms with Crippen molar-refractivity contribution >= 4 is 0 Å². The number of rotatable bonds is 3. The second-order valence-corrected chi connectivity index (χ2v) is 2.87. The van der Waals surface area contributed by atoms with Crippen LogP contribution in [0.4, 0.5) is 0 Å². The predicted octanol–water partition coefficient (Wildman–Crippen LogP) is 0.322. The molecule has 0 saturated heterocycles. The minimum Gasteiger partial charge on any atom is -0.327 e. The highest BCUT2D eigenvalue weighted by molar-refractivity contribution is 4.79. The van der Waals surface area contributed by atoms with Crippen molar-refractivity contribution in [2.24, 2.45) is 11.7 Å². The van der Waals surface area contributed by atoms with E-state index in [-0.39, 0.29) is 18.6 Å². The van der Waals surface area contributed by atoms with E-state index in [1.807, 2.05) is 0 Å². The predicted molar refractivity (Wildman–Crippen MR) is 38.3 cm³/mol. The molecule has 2 atom stereocenters. The van der Waals surface area contributed by atoms with Crippen LogP contribution >= 0.6 is 0 Å². The SMILES string of the molecule is NC1CCCC1CO[N+](=O)[O-]. The van der Waals surface area contributed by atoms with Gasteiger partial charge in [-0.3, -0.25) is 0 Å². The summed E-state index contributed by atoms with van der Waals surface area (Å²) in [5.74, 6) is 0.181. The highest BCUT2D eigenvalue weighted by Crippen LogP contribution is 2.23. The zero-order chi connectivity index (χ0) is 8.27. The van der Waals surface area contributed by atoms with E-state index in [4.69, 9.17) is 5.73 Å². The molecule has 0 aromatic rings. The van der Waals surface area contributed by atoms with Gasteiger partial charge in [-0.2, -0.15) is 0 Å². The Balaban J connectivity index is 2.20. The highest BCUT2D eigenvalue weighted by Gasteiger charge is 2.24. The van der Waals surface area contributed by atoms with E-state index in [0.29, 0.717) is 0 Å². The largest absolute Gasteiger partial charge is 0.327 e. The van der Waals surface area contributed by atoms with Crippen LogP contribution in [0, 0.1) is 16.0 Å². The molecule has 1 aliphatic carbocycles. The van der Waals surface area contributed by atoms with Crippen LogP contribution < -0.4 is 5.73 Å². The van der Waals surface area contributed by atoms with Gasteiger partial charge in [0.05, 0.1) is 0 Å². The van der Waals surface area contributed by atoms with Gasteiger partial charge < -0.3 is 10.6 Å². The van der Waals surface area contributed by atoms with Gasteiger partial charge in [-0.05, 0) is 18.8 Å². The summed E-state index contributed by atoms with van der Waals surface area (Å²) in [4.78, 5) is 14.0. The molecule has 0 bridgehead atoms. The molecule has 2 unspecified atom stereocenters. The number of hydrogen-bond acceptors (Lipinski definition) is 4. The minimum absolute atomic E-state index is 0.0925. The van der Waals surface area contributed by atoms with Crippen LogP contribution in [-0.4, -0.2) is 17.7 Å². The van der Waals surface area contributed by atoms with Crippen molar-refractivity contribution in [1.82, 2.24) is 0 Å². The lowest BCUT2D eigenvalue weighted by Crippen LogP contribution is -2.28. The highest BCUT2D eigenvalue weighted by atomic mass is 16.9. The lowest BCUT2D eigenvalue weighted by atomic mass is 10.1. The summed E-state index contributed by atoms with van der Waals surface area (Å²) < 4.78 is 0. The van der Waals surface area contributed by atoms with E-state index < -0.39 is 5.09 Å². The summed E-state index contributed by atoms with van der Waals surface area (Å²) in [7, 11) is 0. The average molecular weight is 160 g/mol. The zero-order valence-corrected chi connectivity index (χ0v) is 6.23. The molecule has 0 heterocycles. The van der Waals surface area contributed by atoms with Crippen molar-refractivity contribution in [2.45, 2.75) is 25.3 Å². The fraction of sp³-hybridized carbons (Fsp3) is 1.00. The van der Waals surface area contributed by atoms with Crippen molar-refractivity contribution < 1.29 is 9.92 Å². The van der Waals surface area contributed by atoms with Crippen molar-refractivity contribution in [2.75, 3.05) is 6.61 Å². The number of hydrogen-bond donors (Lipinski definition) is 1. The maximum Gasteiger partial charge on any atom is 0.294 e. The van der Waals surface area contributed by atoms with Crippen LogP contribution in [0.5, 0.6) is 0 Å². The van der Waals surface area contributed by atoms with Crippen LogP contribution in [0.15, 0.2) is 0 Å². The topological polar surface area (TPSA) is 78.4 Å². The first-order chi connectivity index (χ1) is 5.20. The molecule has 5 heteroatoms. The normalized spacial score (nSPS) is 30.3. The fourth-order valence-electron chi connectivity index (χ4n) is 1.43. The monoisotopic (exact) mass is 160 g/mol. The van der Waals surface area contributed by atoms with E-state index >= 15 is 0 Å². The molecule has 1 fully saturated rings. The summed E-state index contributed by atoms with van der Waals surface area (Å²) in [6.45, 7) is 0.161. The van der Waals surface area contributed by atoms with E-state index in [9.17, 15) is 10.1 Å². The van der Waals surface area contributed by atoms with Gasteiger partial charge in [0.15, 0.2) is 0 Å². The first kappa shape index (κ1) is 8.26. The number of nitrogens with zero attached hydrogens (tertiary/aromatic N) is 1. The smallest absolute Gasteiger partial charge is 0.294 e. The van der Waals surface area contributed by atoms with E-state index in [1.54, 1.807) is 0 Å². The molecule has 0 aromatic carbocycles. The Morgan fingerprint density at radius 1 is 1.64 bits per heavy atom. The molecule has 1 rings (SSSR count). The van der Waals surface area contributed by atoms with Crippen LogP contribution in [0.3, 0.4) is 0 Å². The molecule has 0 aliphatic heterocycles. The molecule has 5 nitrogen and oxygen atoms in total. The molecule has 0 spiro atoms. The first-order valence-electron chi connectivity index (χ1n) is 3.73. The van der Waals surface area contributed by atoms with Gasteiger partial charge in [0.25, 0.3) is 5.09 Å². The Morgan fingerprint density at radius 3 is 2.82 bits per heavy atom. The minimum atomic E-state index is -0.759. The fourth-order valence-corrected chi connectivity index (χ4v) is 1.43. The van der Waals surface area contributed by atoms with E-state index in [0.717, 1.165) is 19.3 Å². The average Bonchev–Trinajstić information content (AvgIpc) is 2.31. The summed E-state index contributed by atoms with van der Waals surface area (Å²) in [5, 5.41) is 9.05. The van der Waals surface area contributed by atoms with Crippen molar-refractivity contribution in [3.63, 3.8) is 0 Å².